The van der Waals surface area contributed by atoms with Crippen molar-refractivity contribution < 1.29 is 18.7 Å². The lowest BCUT2D eigenvalue weighted by Gasteiger charge is -2.58. The molecule has 2 heterocycles. The van der Waals surface area contributed by atoms with Crippen molar-refractivity contribution in [2.24, 2.45) is 11.3 Å². The van der Waals surface area contributed by atoms with E-state index < -0.39 is 11.4 Å². The molecule has 0 atom stereocenters. The van der Waals surface area contributed by atoms with E-state index >= 15 is 0 Å². The van der Waals surface area contributed by atoms with Crippen molar-refractivity contribution in [2.45, 2.75) is 39.2 Å². The second kappa shape index (κ2) is 6.02. The van der Waals surface area contributed by atoms with Gasteiger partial charge in [0.1, 0.15) is 5.60 Å². The van der Waals surface area contributed by atoms with Gasteiger partial charge in [-0.3, -0.25) is 0 Å². The van der Waals surface area contributed by atoms with Gasteiger partial charge in [-0.2, -0.15) is 9.37 Å². The summed E-state index contributed by atoms with van der Waals surface area (Å²) < 4.78 is 24.2. The van der Waals surface area contributed by atoms with Crippen LogP contribution < -0.4 is 4.74 Å². The fraction of sp³-hybridized carbons (Fsp3) is 0.688. The Labute approximate surface area is 145 Å². The van der Waals surface area contributed by atoms with Crippen LogP contribution in [0.4, 0.5) is 9.18 Å². The van der Waals surface area contributed by atoms with E-state index in [1.54, 1.807) is 4.90 Å². The lowest BCUT2D eigenvalue weighted by Crippen LogP contribution is -2.64. The monoisotopic (exact) mass is 357 g/mol. The quantitative estimate of drug-likeness (QED) is 0.777. The van der Waals surface area contributed by atoms with Crippen LogP contribution in [-0.4, -0.2) is 46.3 Å². The molecule has 2 fully saturated rings. The Morgan fingerprint density at radius 1 is 1.46 bits per heavy atom. The summed E-state index contributed by atoms with van der Waals surface area (Å²) >= 11 is 5.63. The molecule has 0 aromatic carbocycles. The van der Waals surface area contributed by atoms with Gasteiger partial charge in [-0.25, -0.2) is 9.78 Å². The zero-order valence-corrected chi connectivity index (χ0v) is 14.8. The van der Waals surface area contributed by atoms with Gasteiger partial charge in [-0.1, -0.05) is 0 Å². The molecule has 0 unspecified atom stereocenters. The highest BCUT2D eigenvalue weighted by molar-refractivity contribution is 6.28. The minimum absolute atomic E-state index is 0.0384. The summed E-state index contributed by atoms with van der Waals surface area (Å²) in [6, 6.07) is 0. The molecule has 1 saturated heterocycles. The molecule has 1 aliphatic heterocycles. The van der Waals surface area contributed by atoms with E-state index in [1.807, 2.05) is 20.8 Å². The third kappa shape index (κ3) is 3.71. The van der Waals surface area contributed by atoms with Crippen LogP contribution in [0.2, 0.25) is 5.28 Å². The van der Waals surface area contributed by atoms with Crippen molar-refractivity contribution in [2.75, 3.05) is 19.7 Å². The molecule has 1 amide bonds. The number of halogens is 2. The molecule has 6 nitrogen and oxygen atoms in total. The maximum Gasteiger partial charge on any atom is 0.410 e. The molecular formula is C16H21ClFN3O3. The van der Waals surface area contributed by atoms with Crippen LogP contribution in [-0.2, 0) is 4.74 Å². The lowest BCUT2D eigenvalue weighted by molar-refractivity contribution is -0.103. The number of amides is 1. The Balaban J connectivity index is 1.41. The summed E-state index contributed by atoms with van der Waals surface area (Å²) in [6.45, 7) is 7.39. The van der Waals surface area contributed by atoms with Crippen molar-refractivity contribution in [1.82, 2.24) is 14.9 Å². The van der Waals surface area contributed by atoms with E-state index in [2.05, 4.69) is 9.97 Å². The number of rotatable bonds is 3. The van der Waals surface area contributed by atoms with Crippen molar-refractivity contribution >= 4 is 17.7 Å². The van der Waals surface area contributed by atoms with E-state index in [9.17, 15) is 9.18 Å². The highest BCUT2D eigenvalue weighted by Gasteiger charge is 2.54. The maximum atomic E-state index is 13.5. The molecule has 132 valence electrons. The summed E-state index contributed by atoms with van der Waals surface area (Å²) in [5.74, 6) is -0.396. The molecule has 1 aliphatic carbocycles. The van der Waals surface area contributed by atoms with Gasteiger partial charge in [0, 0.05) is 18.5 Å². The van der Waals surface area contributed by atoms with Gasteiger partial charge in [-0.05, 0) is 51.1 Å². The number of likely N-dealkylation sites (tertiary alicyclic amines) is 1. The first-order chi connectivity index (χ1) is 11.2. The van der Waals surface area contributed by atoms with Crippen LogP contribution in [0, 0.1) is 17.2 Å². The van der Waals surface area contributed by atoms with E-state index in [1.165, 1.54) is 0 Å². The summed E-state index contributed by atoms with van der Waals surface area (Å²) in [5, 5.41) is -0.0384. The molecule has 24 heavy (non-hydrogen) atoms. The second-order valence-corrected chi connectivity index (χ2v) is 8.05. The van der Waals surface area contributed by atoms with Crippen LogP contribution >= 0.6 is 11.6 Å². The second-order valence-electron chi connectivity index (χ2n) is 7.71. The molecule has 0 N–H and O–H groups in total. The third-order valence-corrected chi connectivity index (χ3v) is 4.47. The number of hydrogen-bond acceptors (Lipinski definition) is 5. The van der Waals surface area contributed by atoms with Gasteiger partial charge >= 0.3 is 6.09 Å². The van der Waals surface area contributed by atoms with Crippen LogP contribution in [0.1, 0.15) is 33.6 Å². The predicted molar refractivity (Wildman–Crippen MR) is 85.5 cm³/mol. The van der Waals surface area contributed by atoms with Gasteiger partial charge in [-0.15, -0.1) is 0 Å². The number of aromatic nitrogens is 2. The third-order valence-electron chi connectivity index (χ3n) is 4.29. The lowest BCUT2D eigenvalue weighted by atomic mass is 9.58. The van der Waals surface area contributed by atoms with Gasteiger partial charge < -0.3 is 14.4 Å². The highest BCUT2D eigenvalue weighted by atomic mass is 35.5. The Hall–Kier alpha value is -1.63. The summed E-state index contributed by atoms with van der Waals surface area (Å²) in [7, 11) is 0. The zero-order valence-electron chi connectivity index (χ0n) is 14.0. The molecule has 8 heteroatoms. The molecule has 2 aliphatic rings. The number of carbonyl (C=O) groups is 1. The molecule has 0 bridgehead atoms. The van der Waals surface area contributed by atoms with Crippen molar-refractivity contribution in [3.63, 3.8) is 0 Å². The van der Waals surface area contributed by atoms with Crippen molar-refractivity contribution in [3.05, 3.63) is 17.3 Å². The van der Waals surface area contributed by atoms with E-state index in [-0.39, 0.29) is 22.7 Å². The minimum atomic E-state index is -0.617. The molecule has 0 radical (unpaired) electrons. The number of carbonyl (C=O) groups excluding carboxylic acids is 1. The van der Waals surface area contributed by atoms with Crippen LogP contribution in [0.3, 0.4) is 0 Å². The Morgan fingerprint density at radius 2 is 2.12 bits per heavy atom. The van der Waals surface area contributed by atoms with Gasteiger partial charge in [0.2, 0.25) is 11.1 Å². The summed E-state index contributed by atoms with van der Waals surface area (Å²) in [4.78, 5) is 20.9. The first-order valence-corrected chi connectivity index (χ1v) is 8.32. The minimum Gasteiger partial charge on any atom is -0.475 e. The topological polar surface area (TPSA) is 64.5 Å². The van der Waals surface area contributed by atoms with Crippen LogP contribution in [0.15, 0.2) is 6.20 Å². The predicted octanol–water partition coefficient (Wildman–Crippen LogP) is 3.30. The normalized spacial score (nSPS) is 19.6. The zero-order chi connectivity index (χ0) is 17.5. The fourth-order valence-corrected chi connectivity index (χ4v) is 3.51. The SMILES string of the molecule is CC(C)(C)OC(=O)N1CC2(CC(COc3nc(Cl)ncc3F)C2)C1. The van der Waals surface area contributed by atoms with Gasteiger partial charge in [0.25, 0.3) is 5.88 Å². The van der Waals surface area contributed by atoms with Crippen molar-refractivity contribution in [3.8, 4) is 5.88 Å². The maximum absolute atomic E-state index is 13.5. The first-order valence-electron chi connectivity index (χ1n) is 7.95. The molecule has 1 spiro atoms. The number of hydrogen-bond donors (Lipinski definition) is 0. The molecular weight excluding hydrogens is 337 g/mol. The smallest absolute Gasteiger partial charge is 0.410 e. The Morgan fingerprint density at radius 3 is 2.75 bits per heavy atom. The molecule has 1 aromatic rings. The van der Waals surface area contributed by atoms with Crippen LogP contribution in [0.25, 0.3) is 0 Å². The Kier molecular flexibility index (Phi) is 4.32. The molecule has 1 aromatic heterocycles. The van der Waals surface area contributed by atoms with Gasteiger partial charge in [0.05, 0.1) is 12.8 Å². The average Bonchev–Trinajstić information content (AvgIpc) is 2.36. The molecule has 1 saturated carbocycles. The number of nitrogens with zero attached hydrogens (tertiary/aromatic N) is 3. The Bertz CT molecular complexity index is 636. The van der Waals surface area contributed by atoms with Crippen LogP contribution in [0.5, 0.6) is 5.88 Å². The average molecular weight is 358 g/mol. The fourth-order valence-electron chi connectivity index (χ4n) is 3.39. The van der Waals surface area contributed by atoms with Crippen molar-refractivity contribution in [1.29, 1.82) is 0 Å². The first kappa shape index (κ1) is 17.2. The number of ether oxygens (including phenoxy) is 2. The summed E-state index contributed by atoms with van der Waals surface area (Å²) in [6.07, 6.45) is 2.64. The standard InChI is InChI=1S/C16H21ClFN3O3/c1-15(2,3)24-14(22)21-8-16(9-21)4-10(5-16)7-23-12-11(18)6-19-13(17)20-12/h6,10H,4-5,7-9H2,1-3H3. The largest absolute Gasteiger partial charge is 0.475 e. The van der Waals surface area contributed by atoms with E-state index in [4.69, 9.17) is 21.1 Å². The van der Waals surface area contributed by atoms with Gasteiger partial charge in [0.15, 0.2) is 0 Å². The molecule has 3 rings (SSSR count). The van der Waals surface area contributed by atoms with E-state index in [0.29, 0.717) is 25.6 Å². The highest BCUT2D eigenvalue weighted by Crippen LogP contribution is 2.52. The summed E-state index contributed by atoms with van der Waals surface area (Å²) in [5.41, 5.74) is -0.300. The van der Waals surface area contributed by atoms with E-state index in [0.717, 1.165) is 19.0 Å².